The molecular formula is C16H16Cl2N2O2S. The molecule has 2 aromatic rings. The summed E-state index contributed by atoms with van der Waals surface area (Å²) in [7, 11) is 0. The van der Waals surface area contributed by atoms with E-state index in [1.54, 1.807) is 34.4 Å². The average molecular weight is 371 g/mol. The maximum Gasteiger partial charge on any atom is 0.225 e. The Balaban J connectivity index is 1.91. The van der Waals surface area contributed by atoms with Crippen LogP contribution in [0, 0.1) is 0 Å². The lowest BCUT2D eigenvalue weighted by molar-refractivity contribution is -0.120. The molecule has 23 heavy (non-hydrogen) atoms. The molecule has 4 nitrogen and oxygen atoms in total. The zero-order valence-corrected chi connectivity index (χ0v) is 14.8. The highest BCUT2D eigenvalue weighted by Crippen LogP contribution is 2.27. The van der Waals surface area contributed by atoms with E-state index >= 15 is 0 Å². The van der Waals surface area contributed by atoms with Crippen LogP contribution in [0.4, 0.5) is 5.69 Å². The van der Waals surface area contributed by atoms with Crippen molar-refractivity contribution in [3.63, 3.8) is 0 Å². The predicted octanol–water partition coefficient (Wildman–Crippen LogP) is 3.77. The van der Waals surface area contributed by atoms with Gasteiger partial charge in [-0.2, -0.15) is 0 Å². The van der Waals surface area contributed by atoms with Crippen molar-refractivity contribution in [2.45, 2.75) is 13.3 Å². The van der Waals surface area contributed by atoms with Gasteiger partial charge in [0.05, 0.1) is 16.5 Å². The summed E-state index contributed by atoms with van der Waals surface area (Å²) in [5.41, 5.74) is 0.652. The van der Waals surface area contributed by atoms with E-state index in [-0.39, 0.29) is 11.8 Å². The molecule has 2 rings (SSSR count). The lowest BCUT2D eigenvalue weighted by Crippen LogP contribution is -2.38. The predicted molar refractivity (Wildman–Crippen MR) is 95.5 cm³/mol. The number of hydrogen-bond donors (Lipinski definition) is 1. The minimum atomic E-state index is -0.129. The monoisotopic (exact) mass is 370 g/mol. The summed E-state index contributed by atoms with van der Waals surface area (Å²) in [6, 6.07) is 8.84. The number of nitrogens with one attached hydrogen (secondary N) is 1. The Bertz CT molecular complexity index is 689. The molecule has 0 saturated carbocycles. The fourth-order valence-corrected chi connectivity index (χ4v) is 3.06. The molecule has 0 fully saturated rings. The Morgan fingerprint density at radius 3 is 2.61 bits per heavy atom. The first-order chi connectivity index (χ1) is 11.0. The van der Waals surface area contributed by atoms with Gasteiger partial charge in [0, 0.05) is 30.6 Å². The SMILES string of the molecule is CC(=O)N(CCNC(=O)Cc1cccs1)c1ccc(Cl)c(Cl)c1. The van der Waals surface area contributed by atoms with E-state index in [1.165, 1.54) is 6.92 Å². The number of carbonyl (C=O) groups excluding carboxylic acids is 2. The van der Waals surface area contributed by atoms with Crippen LogP contribution in [0.15, 0.2) is 35.7 Å². The van der Waals surface area contributed by atoms with Gasteiger partial charge in [0.1, 0.15) is 0 Å². The van der Waals surface area contributed by atoms with E-state index in [1.807, 2.05) is 17.5 Å². The molecule has 0 atom stereocenters. The second-order valence-electron chi connectivity index (χ2n) is 4.88. The van der Waals surface area contributed by atoms with Crippen LogP contribution >= 0.6 is 34.5 Å². The Morgan fingerprint density at radius 1 is 1.22 bits per heavy atom. The van der Waals surface area contributed by atoms with E-state index in [4.69, 9.17) is 23.2 Å². The van der Waals surface area contributed by atoms with Crippen molar-refractivity contribution >= 4 is 52.0 Å². The second kappa shape index (κ2) is 8.34. The van der Waals surface area contributed by atoms with Crippen molar-refractivity contribution in [1.82, 2.24) is 5.32 Å². The number of anilines is 1. The highest BCUT2D eigenvalue weighted by Gasteiger charge is 2.13. The zero-order valence-electron chi connectivity index (χ0n) is 12.5. The van der Waals surface area contributed by atoms with Gasteiger partial charge in [-0.3, -0.25) is 9.59 Å². The van der Waals surface area contributed by atoms with Crippen LogP contribution < -0.4 is 10.2 Å². The molecule has 0 aliphatic rings. The van der Waals surface area contributed by atoms with Crippen molar-refractivity contribution < 1.29 is 9.59 Å². The molecule has 0 radical (unpaired) electrons. The Kier molecular flexibility index (Phi) is 6.45. The smallest absolute Gasteiger partial charge is 0.225 e. The van der Waals surface area contributed by atoms with Crippen molar-refractivity contribution in [2.24, 2.45) is 0 Å². The summed E-state index contributed by atoms with van der Waals surface area (Å²) in [4.78, 5) is 26.2. The number of hydrogen-bond acceptors (Lipinski definition) is 3. The molecule has 1 N–H and O–H groups in total. The molecule has 0 aliphatic carbocycles. The summed E-state index contributed by atoms with van der Waals surface area (Å²) in [5.74, 6) is -0.194. The quantitative estimate of drug-likeness (QED) is 0.841. The topological polar surface area (TPSA) is 49.4 Å². The standard InChI is InChI=1S/C16H16Cl2N2O2S/c1-11(21)20(12-4-5-14(17)15(18)9-12)7-6-19-16(22)10-13-3-2-8-23-13/h2-5,8-9H,6-7,10H2,1H3,(H,19,22). The second-order valence-corrected chi connectivity index (χ2v) is 6.72. The number of halogens is 2. The molecule has 1 heterocycles. The van der Waals surface area contributed by atoms with Gasteiger partial charge in [-0.25, -0.2) is 0 Å². The van der Waals surface area contributed by atoms with Crippen LogP contribution in [0.25, 0.3) is 0 Å². The van der Waals surface area contributed by atoms with Gasteiger partial charge in [-0.15, -0.1) is 11.3 Å². The number of rotatable bonds is 6. The van der Waals surface area contributed by atoms with Crippen LogP contribution in [0.1, 0.15) is 11.8 Å². The van der Waals surface area contributed by atoms with Crippen LogP contribution in [0.3, 0.4) is 0 Å². The van der Waals surface area contributed by atoms with Gasteiger partial charge in [0.15, 0.2) is 0 Å². The minimum Gasteiger partial charge on any atom is -0.354 e. The molecule has 7 heteroatoms. The van der Waals surface area contributed by atoms with E-state index in [0.717, 1.165) is 4.88 Å². The third-order valence-corrected chi connectivity index (χ3v) is 4.78. The average Bonchev–Trinajstić information content (AvgIpc) is 2.99. The third kappa shape index (κ3) is 5.23. The lowest BCUT2D eigenvalue weighted by atomic mass is 10.2. The van der Waals surface area contributed by atoms with Crippen LogP contribution in [0.5, 0.6) is 0 Å². The highest BCUT2D eigenvalue weighted by molar-refractivity contribution is 7.10. The number of carbonyl (C=O) groups is 2. The van der Waals surface area contributed by atoms with Gasteiger partial charge in [0.25, 0.3) is 0 Å². The molecule has 0 bridgehead atoms. The van der Waals surface area contributed by atoms with E-state index in [2.05, 4.69) is 5.32 Å². The molecule has 122 valence electrons. The van der Waals surface area contributed by atoms with E-state index in [0.29, 0.717) is 35.2 Å². The maximum atomic E-state index is 11.9. The first-order valence-corrected chi connectivity index (χ1v) is 8.63. The largest absolute Gasteiger partial charge is 0.354 e. The van der Waals surface area contributed by atoms with Gasteiger partial charge in [-0.05, 0) is 29.6 Å². The summed E-state index contributed by atoms with van der Waals surface area (Å²) >= 11 is 13.4. The summed E-state index contributed by atoms with van der Waals surface area (Å²) in [5, 5.41) is 5.57. The van der Waals surface area contributed by atoms with Crippen molar-refractivity contribution in [3.8, 4) is 0 Å². The summed E-state index contributed by atoms with van der Waals surface area (Å²) in [6.45, 7) is 2.20. The number of amides is 2. The Labute approximate surface area is 149 Å². The van der Waals surface area contributed by atoms with Gasteiger partial charge in [-0.1, -0.05) is 29.3 Å². The molecule has 0 spiro atoms. The molecule has 0 saturated heterocycles. The Morgan fingerprint density at radius 2 is 2.00 bits per heavy atom. The van der Waals surface area contributed by atoms with E-state index in [9.17, 15) is 9.59 Å². The van der Waals surface area contributed by atoms with Crippen molar-refractivity contribution in [3.05, 3.63) is 50.6 Å². The van der Waals surface area contributed by atoms with Crippen molar-refractivity contribution in [1.29, 1.82) is 0 Å². The first kappa shape index (κ1) is 17.8. The van der Waals surface area contributed by atoms with Crippen molar-refractivity contribution in [2.75, 3.05) is 18.0 Å². The third-order valence-electron chi connectivity index (χ3n) is 3.17. The lowest BCUT2D eigenvalue weighted by Gasteiger charge is -2.21. The first-order valence-electron chi connectivity index (χ1n) is 6.99. The Hall–Kier alpha value is -1.56. The molecule has 0 aliphatic heterocycles. The van der Waals surface area contributed by atoms with Gasteiger partial charge in [0.2, 0.25) is 11.8 Å². The zero-order chi connectivity index (χ0) is 16.8. The fraction of sp³-hybridized carbons (Fsp3) is 0.250. The number of thiophene rings is 1. The number of nitrogens with zero attached hydrogens (tertiary/aromatic N) is 1. The van der Waals surface area contributed by atoms with Gasteiger partial charge < -0.3 is 10.2 Å². The molecule has 0 unspecified atom stereocenters. The number of benzene rings is 1. The molecule has 2 amide bonds. The fourth-order valence-electron chi connectivity index (χ4n) is 2.06. The molecular weight excluding hydrogens is 355 g/mol. The molecule has 1 aromatic heterocycles. The maximum absolute atomic E-state index is 11.9. The summed E-state index contributed by atoms with van der Waals surface area (Å²) < 4.78 is 0. The molecule has 1 aromatic carbocycles. The van der Waals surface area contributed by atoms with Crippen LogP contribution in [0.2, 0.25) is 10.0 Å². The minimum absolute atomic E-state index is 0.0647. The highest BCUT2D eigenvalue weighted by atomic mass is 35.5. The van der Waals surface area contributed by atoms with Crippen LogP contribution in [-0.2, 0) is 16.0 Å². The summed E-state index contributed by atoms with van der Waals surface area (Å²) in [6.07, 6.45) is 0.352. The van der Waals surface area contributed by atoms with Crippen LogP contribution in [-0.4, -0.2) is 24.9 Å². The normalized spacial score (nSPS) is 10.4. The van der Waals surface area contributed by atoms with E-state index < -0.39 is 0 Å². The van der Waals surface area contributed by atoms with Gasteiger partial charge >= 0.3 is 0 Å².